The third kappa shape index (κ3) is 3.40. The van der Waals surface area contributed by atoms with Crippen LogP contribution < -0.4 is 0 Å². The second-order valence-corrected chi connectivity index (χ2v) is 7.01. The molecule has 0 bridgehead atoms. The molecule has 1 heteroatoms. The minimum absolute atomic E-state index is 1.11. The molecule has 1 heterocycles. The highest BCUT2D eigenvalue weighted by Crippen LogP contribution is 2.27. The normalized spacial score (nSPS) is 11.6. The van der Waals surface area contributed by atoms with Crippen LogP contribution in [-0.2, 0) is 19.3 Å². The summed E-state index contributed by atoms with van der Waals surface area (Å²) in [5, 5.41) is 1.34. The summed E-state index contributed by atoms with van der Waals surface area (Å²) < 4.78 is 1.36. The topological polar surface area (TPSA) is 0 Å². The SMILES string of the molecule is CCc1cc(/C=C/c2cc3ccccc3s2)cc(CC)c1CC. The van der Waals surface area contributed by atoms with Gasteiger partial charge in [-0.05, 0) is 65.1 Å². The van der Waals surface area contributed by atoms with Crippen LogP contribution in [0.5, 0.6) is 0 Å². The van der Waals surface area contributed by atoms with Gasteiger partial charge in [-0.1, -0.05) is 57.2 Å². The molecule has 3 aromatic rings. The third-order valence-corrected chi connectivity index (χ3v) is 5.54. The largest absolute Gasteiger partial charge is 0.136 e. The number of benzene rings is 2. The second kappa shape index (κ2) is 7.14. The van der Waals surface area contributed by atoms with Crippen LogP contribution >= 0.6 is 11.3 Å². The summed E-state index contributed by atoms with van der Waals surface area (Å²) in [6, 6.07) is 15.6. The summed E-state index contributed by atoms with van der Waals surface area (Å²) in [5.41, 5.74) is 5.88. The zero-order valence-electron chi connectivity index (χ0n) is 14.2. The van der Waals surface area contributed by atoms with Gasteiger partial charge in [-0.25, -0.2) is 0 Å². The minimum Gasteiger partial charge on any atom is -0.136 e. The van der Waals surface area contributed by atoms with Crippen molar-refractivity contribution in [3.05, 3.63) is 69.6 Å². The first-order valence-electron chi connectivity index (χ1n) is 8.56. The molecule has 0 aliphatic rings. The van der Waals surface area contributed by atoms with E-state index in [1.807, 2.05) is 11.3 Å². The third-order valence-electron chi connectivity index (χ3n) is 4.46. The quantitative estimate of drug-likeness (QED) is 0.487. The molecular formula is C22H24S. The molecule has 2 aromatic carbocycles. The highest BCUT2D eigenvalue weighted by Gasteiger charge is 2.06. The molecule has 0 fully saturated rings. The fraction of sp³-hybridized carbons (Fsp3) is 0.273. The van der Waals surface area contributed by atoms with E-state index in [1.165, 1.54) is 31.7 Å². The summed E-state index contributed by atoms with van der Waals surface area (Å²) >= 11 is 1.86. The van der Waals surface area contributed by atoms with Crippen molar-refractivity contribution in [2.45, 2.75) is 40.0 Å². The standard InChI is InChI=1S/C22H24S/c1-4-17-13-16(14-18(5-2)21(17)6-3)11-12-20-15-19-9-7-8-10-22(19)23-20/h7-15H,4-6H2,1-3H3/b12-11+. The van der Waals surface area contributed by atoms with Crippen LogP contribution in [0.3, 0.4) is 0 Å². The fourth-order valence-electron chi connectivity index (χ4n) is 3.27. The van der Waals surface area contributed by atoms with Crippen molar-refractivity contribution in [2.24, 2.45) is 0 Å². The number of thiophene rings is 1. The molecule has 0 radical (unpaired) electrons. The lowest BCUT2D eigenvalue weighted by Gasteiger charge is -2.13. The van der Waals surface area contributed by atoms with Crippen molar-refractivity contribution < 1.29 is 0 Å². The molecule has 118 valence electrons. The van der Waals surface area contributed by atoms with Crippen LogP contribution in [0.2, 0.25) is 0 Å². The molecule has 0 saturated heterocycles. The van der Waals surface area contributed by atoms with E-state index >= 15 is 0 Å². The van der Waals surface area contributed by atoms with Crippen LogP contribution in [0.15, 0.2) is 42.5 Å². The first kappa shape index (κ1) is 16.0. The Morgan fingerprint density at radius 2 is 1.52 bits per heavy atom. The highest BCUT2D eigenvalue weighted by molar-refractivity contribution is 7.19. The number of aryl methyl sites for hydroxylation is 2. The van der Waals surface area contributed by atoms with Crippen LogP contribution in [0.1, 0.15) is 47.9 Å². The Morgan fingerprint density at radius 1 is 0.826 bits per heavy atom. The maximum absolute atomic E-state index is 2.36. The first-order chi connectivity index (χ1) is 11.2. The average molecular weight is 321 g/mol. The maximum Gasteiger partial charge on any atom is 0.0349 e. The molecule has 0 aliphatic heterocycles. The Morgan fingerprint density at radius 3 is 2.13 bits per heavy atom. The van der Waals surface area contributed by atoms with E-state index in [-0.39, 0.29) is 0 Å². The monoisotopic (exact) mass is 320 g/mol. The lowest BCUT2D eigenvalue weighted by atomic mass is 9.93. The minimum atomic E-state index is 1.11. The predicted octanol–water partition coefficient (Wildman–Crippen LogP) is 6.76. The molecular weight excluding hydrogens is 296 g/mol. The smallest absolute Gasteiger partial charge is 0.0349 e. The summed E-state index contributed by atoms with van der Waals surface area (Å²) in [7, 11) is 0. The van der Waals surface area contributed by atoms with E-state index < -0.39 is 0 Å². The van der Waals surface area contributed by atoms with Crippen LogP contribution in [0, 0.1) is 0 Å². The molecule has 0 atom stereocenters. The Kier molecular flexibility index (Phi) is 4.97. The van der Waals surface area contributed by atoms with E-state index in [0.717, 1.165) is 19.3 Å². The molecule has 0 saturated carbocycles. The van der Waals surface area contributed by atoms with Crippen molar-refractivity contribution in [3.63, 3.8) is 0 Å². The van der Waals surface area contributed by atoms with Gasteiger partial charge in [0.1, 0.15) is 0 Å². The lowest BCUT2D eigenvalue weighted by Crippen LogP contribution is -1.98. The van der Waals surface area contributed by atoms with Crippen molar-refractivity contribution in [1.29, 1.82) is 0 Å². The Hall–Kier alpha value is -1.86. The van der Waals surface area contributed by atoms with E-state index in [0.29, 0.717) is 0 Å². The number of fused-ring (bicyclic) bond motifs is 1. The number of hydrogen-bond acceptors (Lipinski definition) is 1. The number of hydrogen-bond donors (Lipinski definition) is 0. The van der Waals surface area contributed by atoms with Gasteiger partial charge in [-0.3, -0.25) is 0 Å². The average Bonchev–Trinajstić information content (AvgIpc) is 3.01. The van der Waals surface area contributed by atoms with Gasteiger partial charge in [0.2, 0.25) is 0 Å². The van der Waals surface area contributed by atoms with Gasteiger partial charge in [-0.15, -0.1) is 11.3 Å². The zero-order chi connectivity index (χ0) is 16.2. The van der Waals surface area contributed by atoms with Crippen molar-refractivity contribution in [2.75, 3.05) is 0 Å². The van der Waals surface area contributed by atoms with E-state index in [4.69, 9.17) is 0 Å². The molecule has 0 N–H and O–H groups in total. The second-order valence-electron chi connectivity index (χ2n) is 5.90. The van der Waals surface area contributed by atoms with E-state index in [9.17, 15) is 0 Å². The fourth-order valence-corrected chi connectivity index (χ4v) is 4.24. The molecule has 3 rings (SSSR count). The molecule has 0 spiro atoms. The molecule has 0 aliphatic carbocycles. The molecule has 0 unspecified atom stereocenters. The van der Waals surface area contributed by atoms with Gasteiger partial charge in [0.25, 0.3) is 0 Å². The Bertz CT molecular complexity index is 778. The van der Waals surface area contributed by atoms with Crippen molar-refractivity contribution >= 4 is 33.6 Å². The van der Waals surface area contributed by atoms with Gasteiger partial charge in [0.05, 0.1) is 0 Å². The number of rotatable bonds is 5. The van der Waals surface area contributed by atoms with Crippen LogP contribution in [0.25, 0.3) is 22.2 Å². The molecule has 0 amide bonds. The Balaban J connectivity index is 1.95. The lowest BCUT2D eigenvalue weighted by molar-refractivity contribution is 0.980. The first-order valence-corrected chi connectivity index (χ1v) is 9.38. The molecule has 23 heavy (non-hydrogen) atoms. The van der Waals surface area contributed by atoms with Gasteiger partial charge in [0.15, 0.2) is 0 Å². The van der Waals surface area contributed by atoms with Gasteiger partial charge >= 0.3 is 0 Å². The summed E-state index contributed by atoms with van der Waals surface area (Å²) in [5.74, 6) is 0. The zero-order valence-corrected chi connectivity index (χ0v) is 15.0. The van der Waals surface area contributed by atoms with Gasteiger partial charge < -0.3 is 0 Å². The van der Waals surface area contributed by atoms with Crippen molar-refractivity contribution in [3.8, 4) is 0 Å². The van der Waals surface area contributed by atoms with E-state index in [1.54, 1.807) is 5.56 Å². The van der Waals surface area contributed by atoms with E-state index in [2.05, 4.69) is 75.4 Å². The van der Waals surface area contributed by atoms with Crippen LogP contribution in [0.4, 0.5) is 0 Å². The molecule has 0 nitrogen and oxygen atoms in total. The van der Waals surface area contributed by atoms with Crippen LogP contribution in [-0.4, -0.2) is 0 Å². The molecule has 1 aromatic heterocycles. The summed E-state index contributed by atoms with van der Waals surface area (Å²) in [6.07, 6.45) is 7.88. The maximum atomic E-state index is 2.36. The van der Waals surface area contributed by atoms with Crippen molar-refractivity contribution in [1.82, 2.24) is 0 Å². The predicted molar refractivity (Wildman–Crippen MR) is 105 cm³/mol. The summed E-state index contributed by atoms with van der Waals surface area (Å²) in [6.45, 7) is 6.78. The summed E-state index contributed by atoms with van der Waals surface area (Å²) in [4.78, 5) is 1.32. The van der Waals surface area contributed by atoms with Gasteiger partial charge in [-0.2, -0.15) is 0 Å². The highest BCUT2D eigenvalue weighted by atomic mass is 32.1. The Labute approximate surface area is 143 Å². The van der Waals surface area contributed by atoms with Gasteiger partial charge in [0, 0.05) is 9.58 Å².